The molecule has 0 amide bonds. The van der Waals surface area contributed by atoms with Crippen LogP contribution in [-0.4, -0.2) is 26.2 Å². The minimum atomic E-state index is -0.0720. The summed E-state index contributed by atoms with van der Waals surface area (Å²) in [5.41, 5.74) is 0. The van der Waals surface area contributed by atoms with Crippen molar-refractivity contribution in [2.24, 2.45) is 0 Å². The third-order valence-electron chi connectivity index (χ3n) is 3.92. The third-order valence-corrected chi connectivity index (χ3v) is 3.92. The number of carbonyl (C=O) groups is 1. The molecule has 0 aliphatic rings. The molecule has 0 aliphatic heterocycles. The fraction of sp³-hybridized carbons (Fsp3) is 0.944. The quantitative estimate of drug-likeness (QED) is 0.327. The van der Waals surface area contributed by atoms with Crippen molar-refractivity contribution in [2.75, 3.05) is 20.2 Å². The van der Waals surface area contributed by atoms with E-state index in [2.05, 4.69) is 17.0 Å². The van der Waals surface area contributed by atoms with Crippen molar-refractivity contribution in [3.63, 3.8) is 0 Å². The van der Waals surface area contributed by atoms with Crippen LogP contribution in [-0.2, 0) is 9.53 Å². The highest BCUT2D eigenvalue weighted by Gasteiger charge is 1.99. The molecule has 0 aliphatic carbocycles. The number of nitrogens with one attached hydrogen (secondary N) is 1. The van der Waals surface area contributed by atoms with Gasteiger partial charge in [0, 0.05) is 6.42 Å². The molecule has 0 unspecified atom stereocenters. The van der Waals surface area contributed by atoms with Crippen molar-refractivity contribution in [1.29, 1.82) is 0 Å². The van der Waals surface area contributed by atoms with Crippen LogP contribution in [0.3, 0.4) is 0 Å². The van der Waals surface area contributed by atoms with Crippen molar-refractivity contribution < 1.29 is 9.53 Å². The van der Waals surface area contributed by atoms with Crippen molar-refractivity contribution in [1.82, 2.24) is 5.32 Å². The summed E-state index contributed by atoms with van der Waals surface area (Å²) in [6.07, 6.45) is 16.1. The summed E-state index contributed by atoms with van der Waals surface area (Å²) < 4.78 is 4.62. The zero-order valence-electron chi connectivity index (χ0n) is 14.4. The van der Waals surface area contributed by atoms with Gasteiger partial charge in [-0.15, -0.1) is 0 Å². The van der Waals surface area contributed by atoms with Crippen molar-refractivity contribution in [3.8, 4) is 0 Å². The van der Waals surface area contributed by atoms with Crippen LogP contribution in [0, 0.1) is 0 Å². The molecule has 3 nitrogen and oxygen atoms in total. The molecule has 1 N–H and O–H groups in total. The van der Waals surface area contributed by atoms with Gasteiger partial charge in [0.05, 0.1) is 7.11 Å². The molecule has 0 aromatic heterocycles. The minimum Gasteiger partial charge on any atom is -0.469 e. The Balaban J connectivity index is 2.98. The Hall–Kier alpha value is -0.570. The second-order valence-electron chi connectivity index (χ2n) is 5.97. The molecule has 0 aromatic carbocycles. The predicted octanol–water partition coefficient (Wildman–Crippen LogP) is 4.84. The molecule has 0 rings (SSSR count). The Bertz CT molecular complexity index is 219. The van der Waals surface area contributed by atoms with E-state index in [1.807, 2.05) is 0 Å². The number of hydrogen-bond acceptors (Lipinski definition) is 3. The Kier molecular flexibility index (Phi) is 17.0. The first-order valence-electron chi connectivity index (χ1n) is 9.08. The average molecular weight is 299 g/mol. The molecule has 0 atom stereocenters. The molecular weight excluding hydrogens is 262 g/mol. The summed E-state index contributed by atoms with van der Waals surface area (Å²) in [4.78, 5) is 10.9. The number of rotatable bonds is 16. The van der Waals surface area contributed by atoms with Gasteiger partial charge in [0.15, 0.2) is 0 Å². The number of unbranched alkanes of at least 4 members (excludes halogenated alkanes) is 10. The van der Waals surface area contributed by atoms with Crippen LogP contribution in [0.25, 0.3) is 0 Å². The highest BCUT2D eigenvalue weighted by atomic mass is 16.5. The predicted molar refractivity (Wildman–Crippen MR) is 90.6 cm³/mol. The van der Waals surface area contributed by atoms with E-state index in [1.165, 1.54) is 84.4 Å². The molecule has 0 radical (unpaired) electrons. The molecule has 21 heavy (non-hydrogen) atoms. The first-order valence-corrected chi connectivity index (χ1v) is 9.08. The van der Waals surface area contributed by atoms with Gasteiger partial charge in [0.2, 0.25) is 0 Å². The summed E-state index contributed by atoms with van der Waals surface area (Å²) in [7, 11) is 1.46. The van der Waals surface area contributed by atoms with Crippen LogP contribution < -0.4 is 5.32 Å². The van der Waals surface area contributed by atoms with Crippen LogP contribution >= 0.6 is 0 Å². The average Bonchev–Trinajstić information content (AvgIpc) is 2.50. The Labute approximate surface area is 132 Å². The topological polar surface area (TPSA) is 38.3 Å². The van der Waals surface area contributed by atoms with Crippen LogP contribution in [0.5, 0.6) is 0 Å². The van der Waals surface area contributed by atoms with Gasteiger partial charge < -0.3 is 10.1 Å². The summed E-state index contributed by atoms with van der Waals surface area (Å²) >= 11 is 0. The lowest BCUT2D eigenvalue weighted by atomic mass is 10.1. The maximum absolute atomic E-state index is 10.9. The van der Waals surface area contributed by atoms with Gasteiger partial charge in [-0.05, 0) is 32.4 Å². The first kappa shape index (κ1) is 20.4. The molecule has 0 fully saturated rings. The summed E-state index contributed by atoms with van der Waals surface area (Å²) in [6, 6.07) is 0. The van der Waals surface area contributed by atoms with E-state index < -0.39 is 0 Å². The largest absolute Gasteiger partial charge is 0.469 e. The highest BCUT2D eigenvalue weighted by molar-refractivity contribution is 5.68. The molecule has 0 heterocycles. The molecule has 3 heteroatoms. The van der Waals surface area contributed by atoms with E-state index in [4.69, 9.17) is 0 Å². The van der Waals surface area contributed by atoms with Gasteiger partial charge in [0.25, 0.3) is 0 Å². The molecule has 0 saturated heterocycles. The smallest absolute Gasteiger partial charge is 0.305 e. The summed E-state index contributed by atoms with van der Waals surface area (Å²) in [6.45, 7) is 4.64. The van der Waals surface area contributed by atoms with Crippen LogP contribution in [0.4, 0.5) is 0 Å². The SMILES string of the molecule is CCCCCCNCCCCCCCCCCC(=O)OC. The van der Waals surface area contributed by atoms with Crippen LogP contribution in [0.2, 0.25) is 0 Å². The second-order valence-corrected chi connectivity index (χ2v) is 5.97. The molecular formula is C18H37NO2. The molecule has 0 aromatic rings. The van der Waals surface area contributed by atoms with Gasteiger partial charge in [-0.2, -0.15) is 0 Å². The maximum atomic E-state index is 10.9. The van der Waals surface area contributed by atoms with E-state index in [1.54, 1.807) is 0 Å². The third kappa shape index (κ3) is 17.4. The van der Waals surface area contributed by atoms with E-state index in [0.29, 0.717) is 6.42 Å². The maximum Gasteiger partial charge on any atom is 0.305 e. The lowest BCUT2D eigenvalue weighted by molar-refractivity contribution is -0.140. The van der Waals surface area contributed by atoms with E-state index in [-0.39, 0.29) is 5.97 Å². The van der Waals surface area contributed by atoms with Crippen molar-refractivity contribution in [2.45, 2.75) is 90.4 Å². The monoisotopic (exact) mass is 299 g/mol. The zero-order valence-corrected chi connectivity index (χ0v) is 14.4. The number of methoxy groups -OCH3 is 1. The lowest BCUT2D eigenvalue weighted by Crippen LogP contribution is -2.16. The minimum absolute atomic E-state index is 0.0720. The fourth-order valence-corrected chi connectivity index (χ4v) is 2.48. The van der Waals surface area contributed by atoms with Gasteiger partial charge in [-0.3, -0.25) is 4.79 Å². The highest BCUT2D eigenvalue weighted by Crippen LogP contribution is 2.09. The lowest BCUT2D eigenvalue weighted by Gasteiger charge is -2.05. The van der Waals surface area contributed by atoms with E-state index in [9.17, 15) is 4.79 Å². The van der Waals surface area contributed by atoms with Gasteiger partial charge in [-0.25, -0.2) is 0 Å². The molecule has 0 bridgehead atoms. The Morgan fingerprint density at radius 2 is 1.24 bits per heavy atom. The number of esters is 1. The number of ether oxygens (including phenoxy) is 1. The zero-order chi connectivity index (χ0) is 15.6. The second kappa shape index (κ2) is 17.5. The Morgan fingerprint density at radius 3 is 1.76 bits per heavy atom. The van der Waals surface area contributed by atoms with Gasteiger partial charge in [0.1, 0.15) is 0 Å². The van der Waals surface area contributed by atoms with Gasteiger partial charge >= 0.3 is 5.97 Å². The molecule has 0 spiro atoms. The normalized spacial score (nSPS) is 10.8. The van der Waals surface area contributed by atoms with Crippen LogP contribution in [0.15, 0.2) is 0 Å². The van der Waals surface area contributed by atoms with Crippen molar-refractivity contribution >= 4 is 5.97 Å². The first-order chi connectivity index (χ1) is 10.3. The standard InChI is InChI=1S/C18H37NO2/c1-3-4-5-13-16-19-17-14-11-9-7-6-8-10-12-15-18(20)21-2/h19H,3-17H2,1-2H3. The fourth-order valence-electron chi connectivity index (χ4n) is 2.48. The van der Waals surface area contributed by atoms with Crippen molar-refractivity contribution in [3.05, 3.63) is 0 Å². The van der Waals surface area contributed by atoms with Crippen LogP contribution in [0.1, 0.15) is 90.4 Å². The Morgan fingerprint density at radius 1 is 0.762 bits per heavy atom. The number of hydrogen-bond donors (Lipinski definition) is 1. The number of carbonyl (C=O) groups excluding carboxylic acids is 1. The van der Waals surface area contributed by atoms with E-state index >= 15 is 0 Å². The summed E-state index contributed by atoms with van der Waals surface area (Å²) in [5.74, 6) is -0.0720. The van der Waals surface area contributed by atoms with E-state index in [0.717, 1.165) is 12.8 Å². The van der Waals surface area contributed by atoms with Gasteiger partial charge in [-0.1, -0.05) is 64.7 Å². The summed E-state index contributed by atoms with van der Waals surface area (Å²) in [5, 5.41) is 3.54. The molecule has 0 saturated carbocycles. The molecule has 126 valence electrons.